The van der Waals surface area contributed by atoms with E-state index in [0.29, 0.717) is 38.7 Å². The van der Waals surface area contributed by atoms with Gasteiger partial charge in [0.2, 0.25) is 0 Å². The van der Waals surface area contributed by atoms with Gasteiger partial charge in [-0.3, -0.25) is 0 Å². The summed E-state index contributed by atoms with van der Waals surface area (Å²) >= 11 is 0. The van der Waals surface area contributed by atoms with Crippen molar-refractivity contribution in [2.24, 2.45) is 0 Å². The molecule has 3 rings (SSSR count). The van der Waals surface area contributed by atoms with E-state index >= 15 is 0 Å². The molecule has 1 aromatic carbocycles. The first kappa shape index (κ1) is 19.9. The first-order valence-corrected chi connectivity index (χ1v) is 9.29. The number of urea groups is 1. The maximum atomic E-state index is 12.1. The number of benzene rings is 1. The maximum Gasteiger partial charge on any atom is 0.319 e. The lowest BCUT2D eigenvalue weighted by molar-refractivity contribution is 0.122. The van der Waals surface area contributed by atoms with Crippen LogP contribution in [0.4, 0.5) is 16.3 Å². The van der Waals surface area contributed by atoms with E-state index in [1.54, 1.807) is 13.3 Å². The molecule has 0 atom stereocenters. The van der Waals surface area contributed by atoms with Gasteiger partial charge in [0.05, 0.1) is 31.7 Å². The number of anilines is 2. The summed E-state index contributed by atoms with van der Waals surface area (Å²) in [6.07, 6.45) is 1.66. The molecule has 1 aromatic heterocycles. The molecule has 2 amide bonds. The number of ether oxygens (including phenoxy) is 3. The fraction of sp³-hybridized carbons (Fsp3) is 0.400. The molecule has 0 unspecified atom stereocenters. The Morgan fingerprint density at radius 2 is 1.93 bits per heavy atom. The van der Waals surface area contributed by atoms with Gasteiger partial charge in [-0.1, -0.05) is 12.1 Å². The van der Waals surface area contributed by atoms with Crippen LogP contribution >= 0.6 is 0 Å². The first-order valence-electron chi connectivity index (χ1n) is 9.29. The number of rotatable bonds is 8. The van der Waals surface area contributed by atoms with Crippen molar-refractivity contribution in [1.29, 1.82) is 0 Å². The molecule has 0 spiro atoms. The van der Waals surface area contributed by atoms with E-state index < -0.39 is 0 Å². The van der Waals surface area contributed by atoms with Gasteiger partial charge < -0.3 is 29.7 Å². The van der Waals surface area contributed by atoms with Gasteiger partial charge in [0.1, 0.15) is 18.2 Å². The highest BCUT2D eigenvalue weighted by atomic mass is 16.5. The quantitative estimate of drug-likeness (QED) is 0.677. The molecule has 28 heavy (non-hydrogen) atoms. The summed E-state index contributed by atoms with van der Waals surface area (Å²) in [7, 11) is 1.64. The lowest BCUT2D eigenvalue weighted by Crippen LogP contribution is -2.36. The predicted octanol–water partition coefficient (Wildman–Crippen LogP) is 2.27. The minimum absolute atomic E-state index is 0.277. The molecule has 2 heterocycles. The van der Waals surface area contributed by atoms with Gasteiger partial charge in [-0.25, -0.2) is 9.78 Å². The minimum atomic E-state index is -0.277. The van der Waals surface area contributed by atoms with Gasteiger partial charge in [-0.05, 0) is 29.8 Å². The molecule has 0 radical (unpaired) electrons. The number of carbonyl (C=O) groups excluding carboxylic acids is 1. The molecular formula is C20H26N4O4. The molecule has 8 heteroatoms. The number of amides is 2. The summed E-state index contributed by atoms with van der Waals surface area (Å²) in [6.45, 7) is 4.56. The molecule has 8 nitrogen and oxygen atoms in total. The minimum Gasteiger partial charge on any atom is -0.491 e. The molecule has 2 aromatic rings. The van der Waals surface area contributed by atoms with Crippen molar-refractivity contribution in [3.63, 3.8) is 0 Å². The zero-order chi connectivity index (χ0) is 19.6. The van der Waals surface area contributed by atoms with Gasteiger partial charge >= 0.3 is 6.03 Å². The molecule has 0 aliphatic carbocycles. The lowest BCUT2D eigenvalue weighted by Gasteiger charge is -2.27. The van der Waals surface area contributed by atoms with Gasteiger partial charge in [0.25, 0.3) is 0 Å². The smallest absolute Gasteiger partial charge is 0.319 e. The Kier molecular flexibility index (Phi) is 7.45. The van der Waals surface area contributed by atoms with Crippen molar-refractivity contribution in [2.75, 3.05) is 56.8 Å². The molecule has 0 saturated carbocycles. The fourth-order valence-corrected chi connectivity index (χ4v) is 2.74. The molecule has 1 fully saturated rings. The summed E-state index contributed by atoms with van der Waals surface area (Å²) in [5.41, 5.74) is 1.63. The summed E-state index contributed by atoms with van der Waals surface area (Å²) in [6, 6.07) is 11.1. The highest BCUT2D eigenvalue weighted by molar-refractivity contribution is 5.89. The van der Waals surface area contributed by atoms with E-state index in [0.717, 1.165) is 30.2 Å². The van der Waals surface area contributed by atoms with Crippen LogP contribution in [0, 0.1) is 0 Å². The molecule has 1 aliphatic heterocycles. The number of methoxy groups -OCH3 is 1. The third kappa shape index (κ3) is 6.11. The van der Waals surface area contributed by atoms with Gasteiger partial charge in [0.15, 0.2) is 0 Å². The summed E-state index contributed by atoms with van der Waals surface area (Å²) in [4.78, 5) is 18.7. The number of carbonyl (C=O) groups is 1. The third-order valence-corrected chi connectivity index (χ3v) is 4.27. The fourth-order valence-electron chi connectivity index (χ4n) is 2.74. The van der Waals surface area contributed by atoms with Crippen molar-refractivity contribution in [1.82, 2.24) is 10.3 Å². The van der Waals surface area contributed by atoms with Gasteiger partial charge in [-0.15, -0.1) is 0 Å². The van der Waals surface area contributed by atoms with Crippen LogP contribution in [-0.4, -0.2) is 57.6 Å². The van der Waals surface area contributed by atoms with Crippen molar-refractivity contribution >= 4 is 17.5 Å². The van der Waals surface area contributed by atoms with Crippen LogP contribution in [0.1, 0.15) is 5.56 Å². The van der Waals surface area contributed by atoms with Crippen LogP contribution in [0.3, 0.4) is 0 Å². The first-order chi connectivity index (χ1) is 13.7. The van der Waals surface area contributed by atoms with E-state index in [9.17, 15) is 4.79 Å². The number of pyridine rings is 1. The van der Waals surface area contributed by atoms with E-state index in [2.05, 4.69) is 20.5 Å². The highest BCUT2D eigenvalue weighted by Gasteiger charge is 2.12. The van der Waals surface area contributed by atoms with Crippen LogP contribution in [0.25, 0.3) is 0 Å². The maximum absolute atomic E-state index is 12.1. The van der Waals surface area contributed by atoms with Crippen molar-refractivity contribution in [3.8, 4) is 5.75 Å². The second kappa shape index (κ2) is 10.5. The molecule has 150 valence electrons. The van der Waals surface area contributed by atoms with Crippen LogP contribution in [-0.2, 0) is 16.0 Å². The second-order valence-corrected chi connectivity index (χ2v) is 6.30. The zero-order valence-corrected chi connectivity index (χ0v) is 16.0. The van der Waals surface area contributed by atoms with Gasteiger partial charge in [0, 0.05) is 26.7 Å². The Balaban J connectivity index is 1.42. The van der Waals surface area contributed by atoms with E-state index in [1.165, 1.54) is 0 Å². The molecule has 1 aliphatic rings. The largest absolute Gasteiger partial charge is 0.491 e. The van der Waals surface area contributed by atoms with Crippen LogP contribution < -0.4 is 20.3 Å². The number of morpholine rings is 1. The number of hydrogen-bond donors (Lipinski definition) is 2. The summed E-state index contributed by atoms with van der Waals surface area (Å²) < 4.78 is 15.8. The standard InChI is InChI=1S/C20H26N4O4/c1-26-12-13-28-18-5-2-16(3-6-18)14-22-20(25)23-17-4-7-19(21-15-17)24-8-10-27-11-9-24/h2-7,15H,8-14H2,1H3,(H2,22,23,25). The predicted molar refractivity (Wildman–Crippen MR) is 107 cm³/mol. The Bertz CT molecular complexity index is 731. The Hall–Kier alpha value is -2.84. The van der Waals surface area contributed by atoms with Crippen LogP contribution in [0.2, 0.25) is 0 Å². The average Bonchev–Trinajstić information content (AvgIpc) is 2.74. The average molecular weight is 386 g/mol. The number of nitrogens with one attached hydrogen (secondary N) is 2. The summed E-state index contributed by atoms with van der Waals surface area (Å²) in [5, 5.41) is 5.63. The Morgan fingerprint density at radius 3 is 2.61 bits per heavy atom. The zero-order valence-electron chi connectivity index (χ0n) is 16.0. The normalized spacial score (nSPS) is 13.8. The lowest BCUT2D eigenvalue weighted by atomic mass is 10.2. The SMILES string of the molecule is COCCOc1ccc(CNC(=O)Nc2ccc(N3CCOCC3)nc2)cc1. The number of hydrogen-bond acceptors (Lipinski definition) is 6. The topological polar surface area (TPSA) is 85.0 Å². The highest BCUT2D eigenvalue weighted by Crippen LogP contribution is 2.15. The van der Waals surface area contributed by atoms with E-state index in [-0.39, 0.29) is 6.03 Å². The third-order valence-electron chi connectivity index (χ3n) is 4.27. The van der Waals surface area contributed by atoms with Crippen molar-refractivity contribution in [3.05, 3.63) is 48.2 Å². The Labute approximate surface area is 164 Å². The van der Waals surface area contributed by atoms with Crippen molar-refractivity contribution in [2.45, 2.75) is 6.54 Å². The van der Waals surface area contributed by atoms with Crippen LogP contribution in [0.15, 0.2) is 42.6 Å². The molecule has 1 saturated heterocycles. The number of nitrogens with zero attached hydrogens (tertiary/aromatic N) is 2. The monoisotopic (exact) mass is 386 g/mol. The molecule has 0 bridgehead atoms. The van der Waals surface area contributed by atoms with Crippen LogP contribution in [0.5, 0.6) is 5.75 Å². The van der Waals surface area contributed by atoms with Crippen molar-refractivity contribution < 1.29 is 19.0 Å². The van der Waals surface area contributed by atoms with E-state index in [4.69, 9.17) is 14.2 Å². The summed E-state index contributed by atoms with van der Waals surface area (Å²) in [5.74, 6) is 1.67. The van der Waals surface area contributed by atoms with E-state index in [1.807, 2.05) is 36.4 Å². The second-order valence-electron chi connectivity index (χ2n) is 6.30. The molecular weight excluding hydrogens is 360 g/mol. The van der Waals surface area contributed by atoms with Gasteiger partial charge in [-0.2, -0.15) is 0 Å². The Morgan fingerprint density at radius 1 is 1.14 bits per heavy atom. The molecule has 2 N–H and O–H groups in total. The number of aromatic nitrogens is 1.